The van der Waals surface area contributed by atoms with Gasteiger partial charge in [0.2, 0.25) is 0 Å². The van der Waals surface area contributed by atoms with Crippen molar-refractivity contribution in [2.75, 3.05) is 7.11 Å². The number of methoxy groups -OCH3 is 1. The lowest BCUT2D eigenvalue weighted by Gasteiger charge is -2.08. The van der Waals surface area contributed by atoms with Gasteiger partial charge in [-0.25, -0.2) is 0 Å². The lowest BCUT2D eigenvalue weighted by Crippen LogP contribution is -2.08. The molecule has 0 spiro atoms. The Morgan fingerprint density at radius 1 is 1.18 bits per heavy atom. The predicted octanol–water partition coefficient (Wildman–Crippen LogP) is 3.77. The summed E-state index contributed by atoms with van der Waals surface area (Å²) >= 11 is 1.50. The summed E-state index contributed by atoms with van der Waals surface area (Å²) < 4.78 is 12.2. The van der Waals surface area contributed by atoms with E-state index < -0.39 is 0 Å². The number of benzene rings is 2. The van der Waals surface area contributed by atoms with Gasteiger partial charge in [-0.1, -0.05) is 18.2 Å². The van der Waals surface area contributed by atoms with Crippen molar-refractivity contribution in [1.82, 2.24) is 0 Å². The lowest BCUT2D eigenvalue weighted by molar-refractivity contribution is 0.309. The largest absolute Gasteiger partial charge is 0.497 e. The van der Waals surface area contributed by atoms with Crippen molar-refractivity contribution in [3.8, 4) is 11.5 Å². The molecule has 0 fully saturated rings. The minimum atomic E-state index is 0.0833. The molecule has 0 saturated heterocycles. The molecular weight excluding hydrogens is 296 g/mol. The van der Waals surface area contributed by atoms with Crippen molar-refractivity contribution >= 4 is 27.3 Å². The monoisotopic (exact) mass is 312 g/mol. The van der Waals surface area contributed by atoms with Gasteiger partial charge in [-0.15, -0.1) is 11.3 Å². The minimum absolute atomic E-state index is 0.0833. The number of amidine groups is 1. The van der Waals surface area contributed by atoms with E-state index in [-0.39, 0.29) is 5.84 Å². The van der Waals surface area contributed by atoms with Gasteiger partial charge in [-0.3, -0.25) is 5.41 Å². The minimum Gasteiger partial charge on any atom is -0.497 e. The highest BCUT2D eigenvalue weighted by Crippen LogP contribution is 2.33. The number of nitrogens with two attached hydrogens (primary N) is 1. The summed E-state index contributed by atoms with van der Waals surface area (Å²) in [5.41, 5.74) is 6.60. The fourth-order valence-corrected chi connectivity index (χ4v) is 3.16. The molecule has 5 heteroatoms. The Morgan fingerprint density at radius 3 is 2.77 bits per heavy atom. The van der Waals surface area contributed by atoms with Crippen LogP contribution in [0.4, 0.5) is 0 Å². The number of thiophene rings is 1. The van der Waals surface area contributed by atoms with Crippen LogP contribution in [-0.2, 0) is 6.61 Å². The maximum Gasteiger partial charge on any atom is 0.133 e. The van der Waals surface area contributed by atoms with E-state index in [2.05, 4.69) is 0 Å². The number of nitrogen functional groups attached to an aromatic ring is 1. The molecule has 0 aliphatic heterocycles. The van der Waals surface area contributed by atoms with Crippen LogP contribution >= 0.6 is 11.3 Å². The molecule has 4 nitrogen and oxygen atoms in total. The number of nitrogens with one attached hydrogen (secondary N) is 1. The molecular formula is C17H16N2O2S. The van der Waals surface area contributed by atoms with E-state index in [0.29, 0.717) is 6.61 Å². The Hall–Kier alpha value is -2.53. The number of fused-ring (bicyclic) bond motifs is 1. The van der Waals surface area contributed by atoms with Crippen molar-refractivity contribution in [3.63, 3.8) is 0 Å². The van der Waals surface area contributed by atoms with Crippen LogP contribution < -0.4 is 15.2 Å². The summed E-state index contributed by atoms with van der Waals surface area (Å²) in [6, 6.07) is 15.6. The van der Waals surface area contributed by atoms with E-state index in [9.17, 15) is 0 Å². The maximum atomic E-state index is 7.55. The Bertz CT molecular complexity index is 826. The van der Waals surface area contributed by atoms with Gasteiger partial charge >= 0.3 is 0 Å². The standard InChI is InChI=1S/C17H16N2O2S/c1-20-12-5-2-4-11(8-12)10-21-14-6-3-7-15-13(14)9-16(22-15)17(18)19/h2-9H,10H2,1H3,(H3,18,19). The van der Waals surface area contributed by atoms with Crippen LogP contribution in [0.1, 0.15) is 10.4 Å². The Kier molecular flexibility index (Phi) is 3.98. The molecule has 0 unspecified atom stereocenters. The third kappa shape index (κ3) is 2.89. The van der Waals surface area contributed by atoms with Crippen molar-refractivity contribution in [2.45, 2.75) is 6.61 Å². The molecule has 3 N–H and O–H groups in total. The smallest absolute Gasteiger partial charge is 0.133 e. The number of hydrogen-bond acceptors (Lipinski definition) is 4. The molecule has 2 aromatic carbocycles. The van der Waals surface area contributed by atoms with E-state index in [0.717, 1.165) is 32.0 Å². The van der Waals surface area contributed by atoms with E-state index in [1.54, 1.807) is 7.11 Å². The Balaban J connectivity index is 1.85. The molecule has 0 aliphatic carbocycles. The quantitative estimate of drug-likeness (QED) is 0.556. The van der Waals surface area contributed by atoms with Gasteiger partial charge in [0, 0.05) is 10.1 Å². The topological polar surface area (TPSA) is 68.3 Å². The average Bonchev–Trinajstić information content (AvgIpc) is 2.98. The Labute approximate surface area is 132 Å². The van der Waals surface area contributed by atoms with Gasteiger partial charge in [0.15, 0.2) is 0 Å². The fraction of sp³-hybridized carbons (Fsp3) is 0.118. The summed E-state index contributed by atoms with van der Waals surface area (Å²) in [6.07, 6.45) is 0. The highest BCUT2D eigenvalue weighted by Gasteiger charge is 2.09. The molecule has 0 saturated carbocycles. The SMILES string of the molecule is COc1cccc(COc2cccc3sc(C(=N)N)cc23)c1. The number of rotatable bonds is 5. The summed E-state index contributed by atoms with van der Waals surface area (Å²) in [4.78, 5) is 0.757. The molecule has 1 aromatic heterocycles. The molecule has 1 heterocycles. The highest BCUT2D eigenvalue weighted by molar-refractivity contribution is 7.20. The van der Waals surface area contributed by atoms with Gasteiger partial charge in [0.1, 0.15) is 23.9 Å². The molecule has 0 radical (unpaired) electrons. The third-order valence-corrected chi connectivity index (χ3v) is 4.45. The second kappa shape index (κ2) is 6.07. The maximum absolute atomic E-state index is 7.55. The first kappa shape index (κ1) is 14.4. The van der Waals surface area contributed by atoms with Crippen molar-refractivity contribution in [2.24, 2.45) is 5.73 Å². The molecule has 0 atom stereocenters. The van der Waals surface area contributed by atoms with E-state index in [4.69, 9.17) is 20.6 Å². The molecule has 0 amide bonds. The van der Waals surface area contributed by atoms with Crippen LogP contribution in [0, 0.1) is 5.41 Å². The molecule has 0 aliphatic rings. The van der Waals surface area contributed by atoms with E-state index in [1.165, 1.54) is 11.3 Å². The summed E-state index contributed by atoms with van der Waals surface area (Å²) in [6.45, 7) is 0.460. The molecule has 0 bridgehead atoms. The van der Waals surface area contributed by atoms with Gasteiger partial charge in [0.25, 0.3) is 0 Å². The van der Waals surface area contributed by atoms with Gasteiger partial charge in [-0.2, -0.15) is 0 Å². The zero-order valence-corrected chi connectivity index (χ0v) is 12.9. The van der Waals surface area contributed by atoms with Crippen LogP contribution in [0.2, 0.25) is 0 Å². The van der Waals surface area contributed by atoms with Crippen LogP contribution in [0.5, 0.6) is 11.5 Å². The molecule has 112 valence electrons. The molecule has 3 aromatic rings. The summed E-state index contributed by atoms with van der Waals surface area (Å²) in [5.74, 6) is 1.69. The van der Waals surface area contributed by atoms with Crippen LogP contribution in [0.3, 0.4) is 0 Å². The normalized spacial score (nSPS) is 10.6. The van der Waals surface area contributed by atoms with Gasteiger partial charge in [-0.05, 0) is 35.9 Å². The number of ether oxygens (including phenoxy) is 2. The second-order valence-electron chi connectivity index (χ2n) is 4.83. The molecule has 22 heavy (non-hydrogen) atoms. The first-order valence-electron chi connectivity index (χ1n) is 6.80. The van der Waals surface area contributed by atoms with Crippen LogP contribution in [0.15, 0.2) is 48.5 Å². The van der Waals surface area contributed by atoms with Crippen LogP contribution in [-0.4, -0.2) is 12.9 Å². The van der Waals surface area contributed by atoms with E-state index >= 15 is 0 Å². The average molecular weight is 312 g/mol. The highest BCUT2D eigenvalue weighted by atomic mass is 32.1. The second-order valence-corrected chi connectivity index (χ2v) is 5.92. The zero-order chi connectivity index (χ0) is 15.5. The van der Waals surface area contributed by atoms with Gasteiger partial charge < -0.3 is 15.2 Å². The van der Waals surface area contributed by atoms with Gasteiger partial charge in [0.05, 0.1) is 12.0 Å². The fourth-order valence-electron chi connectivity index (χ4n) is 2.22. The van der Waals surface area contributed by atoms with Crippen LogP contribution in [0.25, 0.3) is 10.1 Å². The predicted molar refractivity (Wildman–Crippen MR) is 90.2 cm³/mol. The first-order valence-corrected chi connectivity index (χ1v) is 7.61. The number of hydrogen-bond donors (Lipinski definition) is 2. The van der Waals surface area contributed by atoms with Crippen molar-refractivity contribution < 1.29 is 9.47 Å². The lowest BCUT2D eigenvalue weighted by atomic mass is 10.2. The zero-order valence-electron chi connectivity index (χ0n) is 12.1. The summed E-state index contributed by atoms with van der Waals surface area (Å²) in [5, 5.41) is 8.54. The van der Waals surface area contributed by atoms with Crippen molar-refractivity contribution in [1.29, 1.82) is 5.41 Å². The molecule has 3 rings (SSSR count). The third-order valence-electron chi connectivity index (χ3n) is 3.32. The van der Waals surface area contributed by atoms with E-state index in [1.807, 2.05) is 48.5 Å². The Morgan fingerprint density at radius 2 is 2.00 bits per heavy atom. The van der Waals surface area contributed by atoms with Crippen molar-refractivity contribution in [3.05, 3.63) is 59.0 Å². The first-order chi connectivity index (χ1) is 10.7. The summed E-state index contributed by atoms with van der Waals surface area (Å²) in [7, 11) is 1.65.